The third-order valence-electron chi connectivity index (χ3n) is 4.43. The number of hydrogen-bond acceptors (Lipinski definition) is 4. The van der Waals surface area contributed by atoms with Gasteiger partial charge in [0.25, 0.3) is 5.91 Å². The molecule has 132 valence electrons. The Balaban J connectivity index is 1.61. The van der Waals surface area contributed by atoms with Gasteiger partial charge in [0.15, 0.2) is 0 Å². The predicted molar refractivity (Wildman–Crippen MR) is 91.7 cm³/mol. The van der Waals surface area contributed by atoms with E-state index in [2.05, 4.69) is 10.2 Å². The first-order valence-corrected chi connectivity index (χ1v) is 8.25. The van der Waals surface area contributed by atoms with Gasteiger partial charge in [0.2, 0.25) is 0 Å². The van der Waals surface area contributed by atoms with Crippen LogP contribution in [0.25, 0.3) is 0 Å². The van der Waals surface area contributed by atoms with Gasteiger partial charge in [-0.3, -0.25) is 9.69 Å². The zero-order chi connectivity index (χ0) is 17.8. The number of halogens is 1. The Bertz CT molecular complexity index is 739. The summed E-state index contributed by atoms with van der Waals surface area (Å²) in [5.41, 5.74) is 1.03. The molecule has 1 aliphatic rings. The first-order valence-electron chi connectivity index (χ1n) is 8.25. The minimum absolute atomic E-state index is 0.0145. The third-order valence-corrected chi connectivity index (χ3v) is 4.43. The molecule has 0 aromatic heterocycles. The van der Waals surface area contributed by atoms with Crippen LogP contribution in [0.3, 0.4) is 0 Å². The van der Waals surface area contributed by atoms with E-state index in [1.807, 2.05) is 30.3 Å². The molecule has 2 aromatic carbocycles. The molecule has 3 N–H and O–H groups in total. The van der Waals surface area contributed by atoms with Gasteiger partial charge in [-0.05, 0) is 24.1 Å². The van der Waals surface area contributed by atoms with E-state index in [9.17, 15) is 19.4 Å². The summed E-state index contributed by atoms with van der Waals surface area (Å²) < 4.78 is 13.8. The van der Waals surface area contributed by atoms with E-state index in [0.717, 1.165) is 11.6 Å². The summed E-state index contributed by atoms with van der Waals surface area (Å²) in [7, 11) is 0. The zero-order valence-corrected chi connectivity index (χ0v) is 13.7. The number of rotatable bonds is 5. The Hall–Kier alpha value is -2.44. The number of likely N-dealkylation sites (tertiary alicyclic amines) is 1. The minimum atomic E-state index is -0.759. The van der Waals surface area contributed by atoms with Gasteiger partial charge in [-0.1, -0.05) is 30.3 Å². The van der Waals surface area contributed by atoms with Crippen LogP contribution in [-0.2, 0) is 6.54 Å². The molecule has 1 aliphatic heterocycles. The molecule has 25 heavy (non-hydrogen) atoms. The number of carbonyl (C=O) groups is 1. The van der Waals surface area contributed by atoms with Crippen LogP contribution in [0.4, 0.5) is 4.39 Å². The molecule has 2 aromatic rings. The van der Waals surface area contributed by atoms with Crippen molar-refractivity contribution < 1.29 is 19.4 Å². The normalized spacial score (nSPS) is 20.6. The van der Waals surface area contributed by atoms with Gasteiger partial charge in [-0.25, -0.2) is 4.39 Å². The number of carbonyl (C=O) groups excluding carboxylic acids is 1. The van der Waals surface area contributed by atoms with E-state index in [1.165, 1.54) is 12.1 Å². The summed E-state index contributed by atoms with van der Waals surface area (Å²) in [6.45, 7) is 1.55. The predicted octanol–water partition coefficient (Wildman–Crippen LogP) is 1.90. The summed E-state index contributed by atoms with van der Waals surface area (Å²) in [5.74, 6) is -1.51. The number of nitrogens with zero attached hydrogens (tertiary/aromatic N) is 1. The molecule has 5 nitrogen and oxygen atoms in total. The number of β-amino-alcohol motifs (C(OH)–C–C–N with tert-alkyl or cyclic N) is 1. The second-order valence-electron chi connectivity index (χ2n) is 6.33. The van der Waals surface area contributed by atoms with Crippen LogP contribution >= 0.6 is 0 Å². The number of nitrogens with one attached hydrogen (secondary N) is 1. The summed E-state index contributed by atoms with van der Waals surface area (Å²) in [5, 5.41) is 21.9. The van der Waals surface area contributed by atoms with Crippen LogP contribution in [0.2, 0.25) is 0 Å². The molecule has 0 radical (unpaired) electrons. The van der Waals surface area contributed by atoms with Crippen molar-refractivity contribution in [3.63, 3.8) is 0 Å². The first kappa shape index (κ1) is 17.4. The highest BCUT2D eigenvalue weighted by molar-refractivity contribution is 5.94. The van der Waals surface area contributed by atoms with Gasteiger partial charge in [-0.15, -0.1) is 0 Å². The highest BCUT2D eigenvalue weighted by Gasteiger charge is 2.31. The number of aromatic hydroxyl groups is 1. The number of benzene rings is 2. The molecule has 0 spiro atoms. The summed E-state index contributed by atoms with van der Waals surface area (Å²) in [4.78, 5) is 14.3. The number of amides is 1. The summed E-state index contributed by atoms with van der Waals surface area (Å²) in [6.07, 6.45) is 0.126. The maximum Gasteiger partial charge on any atom is 0.254 e. The molecular weight excluding hydrogens is 323 g/mol. The van der Waals surface area contributed by atoms with Gasteiger partial charge in [0.1, 0.15) is 11.6 Å². The van der Waals surface area contributed by atoms with Gasteiger partial charge in [0, 0.05) is 31.7 Å². The molecule has 0 bridgehead atoms. The highest BCUT2D eigenvalue weighted by Crippen LogP contribution is 2.21. The smallest absolute Gasteiger partial charge is 0.254 e. The van der Waals surface area contributed by atoms with Gasteiger partial charge >= 0.3 is 0 Å². The maximum absolute atomic E-state index is 13.8. The van der Waals surface area contributed by atoms with Crippen molar-refractivity contribution in [2.75, 3.05) is 13.1 Å². The highest BCUT2D eigenvalue weighted by atomic mass is 19.1. The lowest BCUT2D eigenvalue weighted by Gasteiger charge is -2.24. The first-order chi connectivity index (χ1) is 12.0. The molecule has 1 heterocycles. The van der Waals surface area contributed by atoms with E-state index in [0.29, 0.717) is 26.1 Å². The molecule has 0 unspecified atom stereocenters. The van der Waals surface area contributed by atoms with Crippen LogP contribution in [0.5, 0.6) is 5.75 Å². The largest absolute Gasteiger partial charge is 0.508 e. The molecule has 3 rings (SSSR count). The lowest BCUT2D eigenvalue weighted by atomic mass is 10.1. The molecule has 0 aliphatic carbocycles. The third kappa shape index (κ3) is 4.35. The second kappa shape index (κ2) is 7.63. The number of aliphatic hydroxyl groups is 1. The molecule has 1 saturated heterocycles. The van der Waals surface area contributed by atoms with Crippen LogP contribution < -0.4 is 5.32 Å². The van der Waals surface area contributed by atoms with E-state index in [-0.39, 0.29) is 17.4 Å². The zero-order valence-electron chi connectivity index (χ0n) is 13.7. The van der Waals surface area contributed by atoms with Crippen molar-refractivity contribution in [3.05, 3.63) is 65.5 Å². The Morgan fingerprint density at radius 3 is 2.72 bits per heavy atom. The van der Waals surface area contributed by atoms with Crippen molar-refractivity contribution in [1.29, 1.82) is 0 Å². The van der Waals surface area contributed by atoms with Crippen molar-refractivity contribution in [2.24, 2.45) is 0 Å². The fourth-order valence-electron chi connectivity index (χ4n) is 3.18. The second-order valence-corrected chi connectivity index (χ2v) is 6.33. The molecule has 6 heteroatoms. The van der Waals surface area contributed by atoms with E-state index < -0.39 is 17.8 Å². The average molecular weight is 344 g/mol. The number of phenolic OH excluding ortho intramolecular Hbond substituents is 1. The SMILES string of the molecule is O=C(NC[C@@H]1C[C@H](O)CN1Cc1ccccc1)c1ccc(O)cc1F. The lowest BCUT2D eigenvalue weighted by molar-refractivity contribution is 0.0935. The summed E-state index contributed by atoms with van der Waals surface area (Å²) >= 11 is 0. The summed E-state index contributed by atoms with van der Waals surface area (Å²) in [6, 6.07) is 13.3. The van der Waals surface area contributed by atoms with Crippen LogP contribution in [0.15, 0.2) is 48.5 Å². The fourth-order valence-corrected chi connectivity index (χ4v) is 3.18. The topological polar surface area (TPSA) is 72.8 Å². The average Bonchev–Trinajstić information content (AvgIpc) is 2.93. The molecule has 2 atom stereocenters. The van der Waals surface area contributed by atoms with Gasteiger partial charge < -0.3 is 15.5 Å². The Morgan fingerprint density at radius 2 is 2.00 bits per heavy atom. The molecular formula is C19H21FN2O3. The maximum atomic E-state index is 13.8. The van der Waals surface area contributed by atoms with Crippen molar-refractivity contribution in [2.45, 2.75) is 25.1 Å². The Morgan fingerprint density at radius 1 is 1.24 bits per heavy atom. The van der Waals surface area contributed by atoms with Crippen molar-refractivity contribution in [3.8, 4) is 5.75 Å². The van der Waals surface area contributed by atoms with Crippen molar-refractivity contribution >= 4 is 5.91 Å². The Labute approximate surface area is 145 Å². The number of aliphatic hydroxyl groups excluding tert-OH is 1. The molecule has 0 saturated carbocycles. The quantitative estimate of drug-likeness (QED) is 0.775. The number of hydrogen-bond donors (Lipinski definition) is 3. The lowest BCUT2D eigenvalue weighted by Crippen LogP contribution is -2.40. The molecule has 1 amide bonds. The van der Waals surface area contributed by atoms with Gasteiger partial charge in [-0.2, -0.15) is 0 Å². The molecule has 1 fully saturated rings. The van der Waals surface area contributed by atoms with Crippen LogP contribution in [0.1, 0.15) is 22.3 Å². The van der Waals surface area contributed by atoms with E-state index >= 15 is 0 Å². The Kier molecular flexibility index (Phi) is 5.31. The van der Waals surface area contributed by atoms with E-state index in [4.69, 9.17) is 0 Å². The van der Waals surface area contributed by atoms with Crippen LogP contribution in [0, 0.1) is 5.82 Å². The minimum Gasteiger partial charge on any atom is -0.508 e. The van der Waals surface area contributed by atoms with Gasteiger partial charge in [0.05, 0.1) is 11.7 Å². The fraction of sp³-hybridized carbons (Fsp3) is 0.316. The standard InChI is InChI=1S/C19H21FN2O3/c20-18-9-15(23)6-7-17(18)19(25)21-10-14-8-16(24)12-22(14)11-13-4-2-1-3-5-13/h1-7,9,14,16,23-24H,8,10-12H2,(H,21,25)/t14-,16-/m0/s1. The number of phenols is 1. The van der Waals surface area contributed by atoms with Crippen LogP contribution in [-0.4, -0.2) is 46.3 Å². The monoisotopic (exact) mass is 344 g/mol. The van der Waals surface area contributed by atoms with Crippen molar-refractivity contribution in [1.82, 2.24) is 10.2 Å². The van der Waals surface area contributed by atoms with E-state index in [1.54, 1.807) is 0 Å².